The molecule has 0 aliphatic carbocycles. The standard InChI is InChI=1S/C28H30Cl2N2O4S/c1-31(19-22-9-4-2-5-10-22)27(33)18-28(21-36-25-11-6-3-7-12-25)13-8-14-32(20-28)37(34,35)26-16-23(29)15-24(30)17-26/h2-7,9-12,15-17H,8,13-14,18-21H2,1H3/t28-/m0/s1. The van der Waals surface area contributed by atoms with Crippen LogP contribution in [0.3, 0.4) is 0 Å². The van der Waals surface area contributed by atoms with Gasteiger partial charge in [0.25, 0.3) is 0 Å². The third-order valence-corrected chi connectivity index (χ3v) is 8.86. The first-order valence-corrected chi connectivity index (χ1v) is 14.3. The number of hydrogen-bond acceptors (Lipinski definition) is 4. The third kappa shape index (κ3) is 7.05. The fraction of sp³-hybridized carbons (Fsp3) is 0.321. The molecule has 0 aromatic heterocycles. The van der Waals surface area contributed by atoms with E-state index in [0.29, 0.717) is 31.7 Å². The third-order valence-electron chi connectivity index (χ3n) is 6.60. The van der Waals surface area contributed by atoms with Crippen LogP contribution in [0.25, 0.3) is 0 Å². The molecule has 1 amide bonds. The highest BCUT2D eigenvalue weighted by atomic mass is 35.5. The van der Waals surface area contributed by atoms with Gasteiger partial charge in [-0.15, -0.1) is 0 Å². The van der Waals surface area contributed by atoms with Crippen molar-refractivity contribution in [2.75, 3.05) is 26.7 Å². The predicted octanol–water partition coefficient (Wildman–Crippen LogP) is 5.89. The predicted molar refractivity (Wildman–Crippen MR) is 146 cm³/mol. The van der Waals surface area contributed by atoms with Gasteiger partial charge in [0.05, 0.1) is 11.5 Å². The Kier molecular flexibility index (Phi) is 8.80. The topological polar surface area (TPSA) is 66.9 Å². The summed E-state index contributed by atoms with van der Waals surface area (Å²) in [6.45, 7) is 1.17. The molecule has 4 rings (SSSR count). The fourth-order valence-electron chi connectivity index (χ4n) is 4.66. The summed E-state index contributed by atoms with van der Waals surface area (Å²) in [5.41, 5.74) is 0.324. The molecule has 1 aliphatic heterocycles. The molecule has 1 saturated heterocycles. The van der Waals surface area contributed by atoms with Crippen LogP contribution in [0.15, 0.2) is 83.8 Å². The average Bonchev–Trinajstić information content (AvgIpc) is 2.88. The lowest BCUT2D eigenvalue weighted by molar-refractivity contribution is -0.134. The van der Waals surface area contributed by atoms with E-state index in [9.17, 15) is 13.2 Å². The van der Waals surface area contributed by atoms with E-state index in [-0.39, 0.29) is 40.4 Å². The van der Waals surface area contributed by atoms with Gasteiger partial charge in [-0.3, -0.25) is 4.79 Å². The first-order valence-electron chi connectivity index (χ1n) is 12.1. The molecule has 1 fully saturated rings. The van der Waals surface area contributed by atoms with Crippen molar-refractivity contribution >= 4 is 39.1 Å². The molecular formula is C28H30Cl2N2O4S. The van der Waals surface area contributed by atoms with Gasteiger partial charge < -0.3 is 9.64 Å². The maximum atomic E-state index is 13.6. The summed E-state index contributed by atoms with van der Waals surface area (Å²) in [5.74, 6) is 0.610. The molecule has 6 nitrogen and oxygen atoms in total. The number of rotatable bonds is 9. The number of ether oxygens (including phenoxy) is 1. The summed E-state index contributed by atoms with van der Waals surface area (Å²) >= 11 is 12.2. The lowest BCUT2D eigenvalue weighted by Gasteiger charge is -2.42. The Morgan fingerprint density at radius 2 is 1.62 bits per heavy atom. The maximum Gasteiger partial charge on any atom is 0.243 e. The highest BCUT2D eigenvalue weighted by molar-refractivity contribution is 7.89. The van der Waals surface area contributed by atoms with Crippen molar-refractivity contribution in [2.45, 2.75) is 30.7 Å². The number of halogens is 2. The van der Waals surface area contributed by atoms with Crippen LogP contribution in [-0.4, -0.2) is 50.3 Å². The second-order valence-electron chi connectivity index (χ2n) is 9.56. The average molecular weight is 562 g/mol. The van der Waals surface area contributed by atoms with Gasteiger partial charge in [-0.05, 0) is 48.7 Å². The molecule has 0 saturated carbocycles. The van der Waals surface area contributed by atoms with Crippen molar-refractivity contribution in [2.24, 2.45) is 5.41 Å². The van der Waals surface area contributed by atoms with Gasteiger partial charge in [0.2, 0.25) is 15.9 Å². The monoisotopic (exact) mass is 560 g/mol. The Morgan fingerprint density at radius 1 is 1.00 bits per heavy atom. The normalized spacial score (nSPS) is 18.4. The van der Waals surface area contributed by atoms with Crippen LogP contribution in [-0.2, 0) is 21.4 Å². The zero-order chi connectivity index (χ0) is 26.5. The van der Waals surface area contributed by atoms with Crippen molar-refractivity contribution < 1.29 is 17.9 Å². The minimum Gasteiger partial charge on any atom is -0.493 e. The van der Waals surface area contributed by atoms with Gasteiger partial charge in [-0.1, -0.05) is 71.7 Å². The summed E-state index contributed by atoms with van der Waals surface area (Å²) in [4.78, 5) is 15.1. The summed E-state index contributed by atoms with van der Waals surface area (Å²) in [5, 5.41) is 0.499. The van der Waals surface area contributed by atoms with Crippen LogP contribution in [0.1, 0.15) is 24.8 Å². The molecule has 1 atom stereocenters. The molecular weight excluding hydrogens is 531 g/mol. The van der Waals surface area contributed by atoms with E-state index in [1.165, 1.54) is 22.5 Å². The van der Waals surface area contributed by atoms with Crippen LogP contribution in [0.4, 0.5) is 0 Å². The van der Waals surface area contributed by atoms with E-state index < -0.39 is 15.4 Å². The van der Waals surface area contributed by atoms with Crippen molar-refractivity contribution in [1.29, 1.82) is 0 Å². The molecule has 3 aromatic rings. The number of carbonyl (C=O) groups excluding carboxylic acids is 1. The molecule has 0 radical (unpaired) electrons. The quantitative estimate of drug-likeness (QED) is 0.327. The van der Waals surface area contributed by atoms with E-state index in [2.05, 4.69) is 0 Å². The van der Waals surface area contributed by atoms with Crippen LogP contribution >= 0.6 is 23.2 Å². The first-order chi connectivity index (χ1) is 17.7. The molecule has 196 valence electrons. The maximum absolute atomic E-state index is 13.6. The molecule has 3 aromatic carbocycles. The SMILES string of the molecule is CN(Cc1ccccc1)C(=O)C[C@@]1(COc2ccccc2)CCCN(S(=O)(=O)c2cc(Cl)cc(Cl)c2)C1. The molecule has 1 heterocycles. The zero-order valence-electron chi connectivity index (χ0n) is 20.6. The highest BCUT2D eigenvalue weighted by Gasteiger charge is 2.43. The van der Waals surface area contributed by atoms with Crippen molar-refractivity contribution in [3.63, 3.8) is 0 Å². The molecule has 9 heteroatoms. The highest BCUT2D eigenvalue weighted by Crippen LogP contribution is 2.38. The van der Waals surface area contributed by atoms with E-state index >= 15 is 0 Å². The summed E-state index contributed by atoms with van der Waals surface area (Å²) < 4.78 is 34.7. The Bertz CT molecular complexity index is 1300. The van der Waals surface area contributed by atoms with E-state index in [1.54, 1.807) is 11.9 Å². The van der Waals surface area contributed by atoms with Gasteiger partial charge in [0.15, 0.2) is 0 Å². The minimum atomic E-state index is -3.88. The lowest BCUT2D eigenvalue weighted by Crippen LogP contribution is -2.50. The zero-order valence-corrected chi connectivity index (χ0v) is 23.0. The molecule has 1 aliphatic rings. The summed E-state index contributed by atoms with van der Waals surface area (Å²) in [6, 6.07) is 23.4. The van der Waals surface area contributed by atoms with Crippen molar-refractivity contribution in [3.8, 4) is 5.75 Å². The summed E-state index contributed by atoms with van der Waals surface area (Å²) in [7, 11) is -2.11. The molecule has 0 bridgehead atoms. The van der Waals surface area contributed by atoms with Gasteiger partial charge >= 0.3 is 0 Å². The van der Waals surface area contributed by atoms with Crippen LogP contribution in [0, 0.1) is 5.41 Å². The Labute approximate surface area is 228 Å². The van der Waals surface area contributed by atoms with Gasteiger partial charge in [0.1, 0.15) is 5.75 Å². The van der Waals surface area contributed by atoms with Crippen molar-refractivity contribution in [1.82, 2.24) is 9.21 Å². The van der Waals surface area contributed by atoms with Crippen molar-refractivity contribution in [3.05, 3.63) is 94.5 Å². The number of piperidine rings is 1. The van der Waals surface area contributed by atoms with Gasteiger partial charge in [0, 0.05) is 48.6 Å². The Balaban J connectivity index is 1.58. The van der Waals surface area contributed by atoms with E-state index in [0.717, 1.165) is 5.56 Å². The molecule has 0 N–H and O–H groups in total. The number of amides is 1. The first kappa shape index (κ1) is 27.5. The Morgan fingerprint density at radius 3 is 2.27 bits per heavy atom. The van der Waals surface area contributed by atoms with Gasteiger partial charge in [-0.2, -0.15) is 4.31 Å². The second kappa shape index (κ2) is 11.9. The summed E-state index contributed by atoms with van der Waals surface area (Å²) in [6.07, 6.45) is 1.42. The van der Waals surface area contributed by atoms with Gasteiger partial charge in [-0.25, -0.2) is 8.42 Å². The number of sulfonamides is 1. The molecule has 0 unspecified atom stereocenters. The number of para-hydroxylation sites is 1. The molecule has 0 spiro atoms. The molecule has 37 heavy (non-hydrogen) atoms. The minimum absolute atomic E-state index is 0.0392. The number of carbonyl (C=O) groups is 1. The van der Waals surface area contributed by atoms with Crippen LogP contribution in [0.5, 0.6) is 5.75 Å². The van der Waals surface area contributed by atoms with Crippen LogP contribution < -0.4 is 4.74 Å². The smallest absolute Gasteiger partial charge is 0.243 e. The van der Waals surface area contributed by atoms with E-state index in [1.807, 2.05) is 60.7 Å². The number of benzene rings is 3. The number of nitrogens with zero attached hydrogens (tertiary/aromatic N) is 2. The lowest BCUT2D eigenvalue weighted by atomic mass is 9.78. The van der Waals surface area contributed by atoms with Crippen LogP contribution in [0.2, 0.25) is 10.0 Å². The largest absolute Gasteiger partial charge is 0.493 e. The fourth-order valence-corrected chi connectivity index (χ4v) is 6.98. The Hall–Kier alpha value is -2.58. The number of hydrogen-bond donors (Lipinski definition) is 0. The second-order valence-corrected chi connectivity index (χ2v) is 12.4. The van der Waals surface area contributed by atoms with E-state index in [4.69, 9.17) is 27.9 Å².